The molecule has 0 spiro atoms. The molecule has 1 fully saturated rings. The number of nitrogens with zero attached hydrogens (tertiary/aromatic N) is 2. The van der Waals surface area contributed by atoms with Crippen LogP contribution >= 0.6 is 12.2 Å². The minimum atomic E-state index is -0.160. The molecule has 0 unspecified atom stereocenters. The fourth-order valence-electron chi connectivity index (χ4n) is 3.08. The fraction of sp³-hybridized carbons (Fsp3) is 0.600. The molecule has 1 aromatic heterocycles. The smallest absolute Gasteiger partial charge is 0.139 e. The van der Waals surface area contributed by atoms with Gasteiger partial charge in [-0.1, -0.05) is 12.2 Å². The zero-order chi connectivity index (χ0) is 14.3. The molecular weight excluding hydrogens is 270 g/mol. The highest BCUT2D eigenvalue weighted by molar-refractivity contribution is 7.80. The van der Waals surface area contributed by atoms with Crippen LogP contribution in [0.4, 0.5) is 5.82 Å². The topological polar surface area (TPSA) is 51.4 Å². The van der Waals surface area contributed by atoms with Crippen molar-refractivity contribution in [2.45, 2.75) is 38.7 Å². The second-order valence-electron chi connectivity index (χ2n) is 6.21. The van der Waals surface area contributed by atoms with Gasteiger partial charge in [-0.25, -0.2) is 4.98 Å². The van der Waals surface area contributed by atoms with Gasteiger partial charge >= 0.3 is 0 Å². The summed E-state index contributed by atoms with van der Waals surface area (Å²) in [6, 6.07) is 2.15. The second kappa shape index (κ2) is 4.97. The maximum Gasteiger partial charge on any atom is 0.139 e. The Kier molecular flexibility index (Phi) is 3.42. The van der Waals surface area contributed by atoms with Gasteiger partial charge in [-0.15, -0.1) is 0 Å². The Morgan fingerprint density at radius 1 is 1.45 bits per heavy atom. The Labute approximate surface area is 125 Å². The number of aromatic nitrogens is 1. The summed E-state index contributed by atoms with van der Waals surface area (Å²) in [5.74, 6) is 0.939. The first kappa shape index (κ1) is 13.8. The molecular formula is C15H21N3OS. The Bertz CT molecular complexity index is 556. The second-order valence-corrected chi connectivity index (χ2v) is 6.65. The van der Waals surface area contributed by atoms with Gasteiger partial charge in [-0.2, -0.15) is 0 Å². The number of fused-ring (bicyclic) bond motifs is 1. The summed E-state index contributed by atoms with van der Waals surface area (Å²) in [7, 11) is 0. The SMILES string of the molecule is CC1(C)CN(c2nc3c(cc2C(N)=S)CCC3)CCO1. The number of pyridine rings is 1. The van der Waals surface area contributed by atoms with Crippen LogP contribution in [-0.4, -0.2) is 35.3 Å². The summed E-state index contributed by atoms with van der Waals surface area (Å²) >= 11 is 5.23. The Morgan fingerprint density at radius 2 is 2.25 bits per heavy atom. The largest absolute Gasteiger partial charge is 0.389 e. The lowest BCUT2D eigenvalue weighted by Gasteiger charge is -2.39. The van der Waals surface area contributed by atoms with Crippen LogP contribution < -0.4 is 10.6 Å². The molecule has 20 heavy (non-hydrogen) atoms. The van der Waals surface area contributed by atoms with Crippen LogP contribution in [0.5, 0.6) is 0 Å². The molecule has 0 aromatic carbocycles. The van der Waals surface area contributed by atoms with Crippen LogP contribution in [-0.2, 0) is 17.6 Å². The maximum absolute atomic E-state index is 5.92. The molecule has 0 radical (unpaired) electrons. The fourth-order valence-corrected chi connectivity index (χ4v) is 3.23. The number of ether oxygens (including phenoxy) is 1. The third kappa shape index (κ3) is 2.52. The number of thiocarbonyl (C=S) groups is 1. The lowest BCUT2D eigenvalue weighted by Crippen LogP contribution is -2.49. The molecule has 1 saturated heterocycles. The van der Waals surface area contributed by atoms with Gasteiger partial charge in [0.05, 0.1) is 17.8 Å². The summed E-state index contributed by atoms with van der Waals surface area (Å²) in [6.45, 7) is 6.57. The van der Waals surface area contributed by atoms with Gasteiger partial charge in [-0.05, 0) is 44.7 Å². The average Bonchev–Trinajstić information content (AvgIpc) is 2.83. The van der Waals surface area contributed by atoms with Crippen molar-refractivity contribution in [3.05, 3.63) is 22.9 Å². The first-order valence-electron chi connectivity index (χ1n) is 7.18. The molecule has 0 bridgehead atoms. The van der Waals surface area contributed by atoms with Gasteiger partial charge in [0.15, 0.2) is 0 Å². The van der Waals surface area contributed by atoms with E-state index in [2.05, 4.69) is 24.8 Å². The minimum absolute atomic E-state index is 0.160. The molecule has 0 saturated carbocycles. The van der Waals surface area contributed by atoms with Crippen molar-refractivity contribution in [1.82, 2.24) is 4.98 Å². The highest BCUT2D eigenvalue weighted by Gasteiger charge is 2.30. The van der Waals surface area contributed by atoms with Gasteiger partial charge in [0, 0.05) is 18.8 Å². The van der Waals surface area contributed by atoms with E-state index in [4.69, 9.17) is 27.7 Å². The Morgan fingerprint density at radius 3 is 2.95 bits per heavy atom. The molecule has 2 aliphatic rings. The molecule has 1 aliphatic carbocycles. The van der Waals surface area contributed by atoms with E-state index in [-0.39, 0.29) is 5.60 Å². The number of morpholine rings is 1. The molecule has 2 N–H and O–H groups in total. The van der Waals surface area contributed by atoms with Crippen molar-refractivity contribution in [2.24, 2.45) is 5.73 Å². The third-order valence-electron chi connectivity index (χ3n) is 4.02. The van der Waals surface area contributed by atoms with Crippen molar-refractivity contribution < 1.29 is 4.74 Å². The molecule has 1 aliphatic heterocycles. The number of hydrogen-bond acceptors (Lipinski definition) is 4. The van der Waals surface area contributed by atoms with Gasteiger partial charge < -0.3 is 15.4 Å². The molecule has 108 valence electrons. The van der Waals surface area contributed by atoms with E-state index in [0.29, 0.717) is 11.6 Å². The average molecular weight is 291 g/mol. The minimum Gasteiger partial charge on any atom is -0.389 e. The summed E-state index contributed by atoms with van der Waals surface area (Å²) < 4.78 is 5.78. The standard InChI is InChI=1S/C15H21N3OS/c1-15(2)9-18(6-7-19-15)14-11(13(16)20)8-10-4-3-5-12(10)17-14/h8H,3-7,9H2,1-2H3,(H2,16,20). The third-order valence-corrected chi connectivity index (χ3v) is 4.24. The van der Waals surface area contributed by atoms with E-state index in [1.807, 2.05) is 0 Å². The lowest BCUT2D eigenvalue weighted by molar-refractivity contribution is -0.0279. The molecule has 0 atom stereocenters. The van der Waals surface area contributed by atoms with Crippen molar-refractivity contribution in [3.63, 3.8) is 0 Å². The molecule has 1 aromatic rings. The summed E-state index contributed by atoms with van der Waals surface area (Å²) in [6.07, 6.45) is 3.33. The van der Waals surface area contributed by atoms with Gasteiger partial charge in [0.2, 0.25) is 0 Å². The van der Waals surface area contributed by atoms with Crippen LogP contribution in [0.1, 0.15) is 37.1 Å². The van der Waals surface area contributed by atoms with E-state index in [0.717, 1.165) is 37.3 Å². The predicted molar refractivity (Wildman–Crippen MR) is 84.4 cm³/mol. The van der Waals surface area contributed by atoms with Gasteiger partial charge in [0.25, 0.3) is 0 Å². The molecule has 0 amide bonds. The number of hydrogen-bond donors (Lipinski definition) is 1. The van der Waals surface area contributed by atoms with Crippen LogP contribution in [0, 0.1) is 0 Å². The van der Waals surface area contributed by atoms with Gasteiger partial charge in [0.1, 0.15) is 10.8 Å². The normalized spacial score (nSPS) is 20.8. The van der Waals surface area contributed by atoms with Crippen molar-refractivity contribution in [2.75, 3.05) is 24.6 Å². The first-order valence-corrected chi connectivity index (χ1v) is 7.59. The highest BCUT2D eigenvalue weighted by Crippen LogP contribution is 2.30. The number of nitrogens with two attached hydrogens (primary N) is 1. The summed E-state index contributed by atoms with van der Waals surface area (Å²) in [5.41, 5.74) is 9.19. The quantitative estimate of drug-likeness (QED) is 0.842. The van der Waals surface area contributed by atoms with E-state index in [9.17, 15) is 0 Å². The lowest BCUT2D eigenvalue weighted by atomic mass is 10.1. The van der Waals surface area contributed by atoms with Gasteiger partial charge in [-0.3, -0.25) is 0 Å². The van der Waals surface area contributed by atoms with Crippen LogP contribution in [0.15, 0.2) is 6.07 Å². The molecule has 4 nitrogen and oxygen atoms in total. The van der Waals surface area contributed by atoms with Crippen LogP contribution in [0.25, 0.3) is 0 Å². The molecule has 5 heteroatoms. The Balaban J connectivity index is 2.01. The monoisotopic (exact) mass is 291 g/mol. The van der Waals surface area contributed by atoms with Crippen LogP contribution in [0.3, 0.4) is 0 Å². The van der Waals surface area contributed by atoms with E-state index in [1.165, 1.54) is 17.7 Å². The summed E-state index contributed by atoms with van der Waals surface area (Å²) in [5, 5.41) is 0. The maximum atomic E-state index is 5.92. The predicted octanol–water partition coefficient (Wildman–Crippen LogP) is 1.82. The zero-order valence-electron chi connectivity index (χ0n) is 12.1. The number of rotatable bonds is 2. The highest BCUT2D eigenvalue weighted by atomic mass is 32.1. The molecule has 2 heterocycles. The van der Waals surface area contributed by atoms with Crippen molar-refractivity contribution in [3.8, 4) is 0 Å². The Hall–Kier alpha value is -1.20. The number of aryl methyl sites for hydroxylation is 2. The van der Waals surface area contributed by atoms with Crippen molar-refractivity contribution in [1.29, 1.82) is 0 Å². The van der Waals surface area contributed by atoms with Crippen molar-refractivity contribution >= 4 is 23.0 Å². The zero-order valence-corrected chi connectivity index (χ0v) is 12.9. The first-order chi connectivity index (χ1) is 9.46. The van der Waals surface area contributed by atoms with Crippen LogP contribution in [0.2, 0.25) is 0 Å². The van der Waals surface area contributed by atoms with E-state index < -0.39 is 0 Å². The number of anilines is 1. The van der Waals surface area contributed by atoms with E-state index in [1.54, 1.807) is 0 Å². The van der Waals surface area contributed by atoms with E-state index >= 15 is 0 Å². The summed E-state index contributed by atoms with van der Waals surface area (Å²) in [4.78, 5) is 7.56. The molecule has 3 rings (SSSR count).